The summed E-state index contributed by atoms with van der Waals surface area (Å²) in [6.07, 6.45) is -0.535. The SMILES string of the molecule is OC1C(=CCl)SCc2ccccc21. The molecule has 1 N–H and O–H groups in total. The van der Waals surface area contributed by atoms with Gasteiger partial charge in [-0.25, -0.2) is 0 Å². The topological polar surface area (TPSA) is 20.2 Å². The summed E-state index contributed by atoms with van der Waals surface area (Å²) in [7, 11) is 0. The monoisotopic (exact) mass is 212 g/mol. The van der Waals surface area contributed by atoms with Gasteiger partial charge in [-0.1, -0.05) is 35.9 Å². The van der Waals surface area contributed by atoms with Crippen LogP contribution in [0, 0.1) is 0 Å². The first-order valence-corrected chi connectivity index (χ1v) is 5.44. The van der Waals surface area contributed by atoms with Gasteiger partial charge in [0, 0.05) is 16.2 Å². The molecule has 0 saturated carbocycles. The molecule has 0 bridgehead atoms. The zero-order chi connectivity index (χ0) is 9.26. The van der Waals surface area contributed by atoms with Crippen LogP contribution < -0.4 is 0 Å². The third-order valence-corrected chi connectivity index (χ3v) is 3.62. The maximum Gasteiger partial charge on any atom is 0.111 e. The minimum absolute atomic E-state index is 0.535. The number of aliphatic hydroxyl groups excluding tert-OH is 1. The van der Waals surface area contributed by atoms with E-state index in [1.54, 1.807) is 11.8 Å². The molecule has 68 valence electrons. The fourth-order valence-corrected chi connectivity index (χ4v) is 2.66. The maximum atomic E-state index is 9.85. The highest BCUT2D eigenvalue weighted by molar-refractivity contribution is 8.02. The van der Waals surface area contributed by atoms with Gasteiger partial charge >= 0.3 is 0 Å². The van der Waals surface area contributed by atoms with E-state index in [0.717, 1.165) is 16.2 Å². The van der Waals surface area contributed by atoms with Crippen LogP contribution in [0.1, 0.15) is 17.2 Å². The average molecular weight is 213 g/mol. The van der Waals surface area contributed by atoms with Crippen molar-refractivity contribution in [2.24, 2.45) is 0 Å². The van der Waals surface area contributed by atoms with Gasteiger partial charge in [0.1, 0.15) is 6.10 Å². The molecule has 0 aromatic heterocycles. The van der Waals surface area contributed by atoms with E-state index >= 15 is 0 Å². The molecule has 13 heavy (non-hydrogen) atoms. The molecule has 1 atom stereocenters. The van der Waals surface area contributed by atoms with Crippen LogP contribution in [0.25, 0.3) is 0 Å². The lowest BCUT2D eigenvalue weighted by Gasteiger charge is -2.22. The molecular weight excluding hydrogens is 204 g/mol. The summed E-state index contributed by atoms with van der Waals surface area (Å²) in [5, 5.41) is 9.85. The number of fused-ring (bicyclic) bond motifs is 1. The van der Waals surface area contributed by atoms with Crippen molar-refractivity contribution in [1.29, 1.82) is 0 Å². The van der Waals surface area contributed by atoms with Crippen LogP contribution in [-0.4, -0.2) is 5.11 Å². The highest BCUT2D eigenvalue weighted by Gasteiger charge is 2.21. The molecule has 1 aromatic carbocycles. The lowest BCUT2D eigenvalue weighted by molar-refractivity contribution is 0.223. The highest BCUT2D eigenvalue weighted by Crippen LogP contribution is 2.40. The fourth-order valence-electron chi connectivity index (χ4n) is 1.42. The second-order valence-corrected chi connectivity index (χ2v) is 4.17. The Morgan fingerprint density at radius 3 is 3.00 bits per heavy atom. The summed E-state index contributed by atoms with van der Waals surface area (Å²) in [5.74, 6) is 0.895. The Labute approximate surface area is 86.4 Å². The first kappa shape index (κ1) is 9.13. The molecule has 1 nitrogen and oxygen atoms in total. The molecule has 0 saturated heterocycles. The molecule has 3 heteroatoms. The van der Waals surface area contributed by atoms with Crippen LogP contribution in [0.3, 0.4) is 0 Å². The molecule has 0 fully saturated rings. The van der Waals surface area contributed by atoms with Crippen LogP contribution >= 0.6 is 23.4 Å². The molecule has 1 aromatic rings. The first-order chi connectivity index (χ1) is 6.33. The van der Waals surface area contributed by atoms with Crippen LogP contribution in [0.2, 0.25) is 0 Å². The van der Waals surface area contributed by atoms with Gasteiger partial charge in [0.25, 0.3) is 0 Å². The Kier molecular flexibility index (Phi) is 2.63. The molecule has 1 heterocycles. The number of rotatable bonds is 0. The average Bonchev–Trinajstić information content (AvgIpc) is 2.19. The Morgan fingerprint density at radius 1 is 1.46 bits per heavy atom. The van der Waals surface area contributed by atoms with Crippen LogP contribution in [0.5, 0.6) is 0 Å². The summed E-state index contributed by atoms with van der Waals surface area (Å²) >= 11 is 7.19. The smallest absolute Gasteiger partial charge is 0.111 e. The van der Waals surface area contributed by atoms with Crippen molar-refractivity contribution in [3.8, 4) is 0 Å². The largest absolute Gasteiger partial charge is 0.383 e. The van der Waals surface area contributed by atoms with E-state index in [4.69, 9.17) is 11.6 Å². The van der Waals surface area contributed by atoms with Crippen LogP contribution in [-0.2, 0) is 5.75 Å². The van der Waals surface area contributed by atoms with Gasteiger partial charge in [0.15, 0.2) is 0 Å². The molecule has 1 aliphatic rings. The molecule has 1 aliphatic heterocycles. The van der Waals surface area contributed by atoms with Crippen LogP contribution in [0.15, 0.2) is 34.7 Å². The van der Waals surface area contributed by atoms with Crippen molar-refractivity contribution in [3.05, 3.63) is 45.8 Å². The Bertz CT molecular complexity index is 349. The predicted octanol–water partition coefficient (Wildman–Crippen LogP) is 3.05. The van der Waals surface area contributed by atoms with Crippen molar-refractivity contribution in [3.63, 3.8) is 0 Å². The molecule has 2 rings (SSSR count). The molecule has 0 spiro atoms. The summed E-state index contributed by atoms with van der Waals surface area (Å²) in [6, 6.07) is 7.90. The number of thioether (sulfide) groups is 1. The van der Waals surface area contributed by atoms with E-state index in [1.807, 2.05) is 24.3 Å². The van der Waals surface area contributed by atoms with Gasteiger partial charge < -0.3 is 5.11 Å². The fraction of sp³-hybridized carbons (Fsp3) is 0.200. The summed E-state index contributed by atoms with van der Waals surface area (Å²) < 4.78 is 0. The molecule has 1 unspecified atom stereocenters. The third-order valence-electron chi connectivity index (χ3n) is 2.12. The quantitative estimate of drug-likeness (QED) is 0.714. The van der Waals surface area contributed by atoms with Gasteiger partial charge in [0.05, 0.1) is 0 Å². The minimum Gasteiger partial charge on any atom is -0.383 e. The third kappa shape index (κ3) is 1.62. The molecule has 0 aliphatic carbocycles. The van der Waals surface area contributed by atoms with Gasteiger partial charge in [-0.3, -0.25) is 0 Å². The molecular formula is C10H9ClOS. The Morgan fingerprint density at radius 2 is 2.23 bits per heavy atom. The second-order valence-electron chi connectivity index (χ2n) is 2.90. The lowest BCUT2D eigenvalue weighted by atomic mass is 10.0. The van der Waals surface area contributed by atoms with E-state index in [0.29, 0.717) is 0 Å². The number of aliphatic hydroxyl groups is 1. The van der Waals surface area contributed by atoms with E-state index < -0.39 is 6.10 Å². The van der Waals surface area contributed by atoms with Crippen molar-refractivity contribution < 1.29 is 5.11 Å². The van der Waals surface area contributed by atoms with Crippen LogP contribution in [0.4, 0.5) is 0 Å². The predicted molar refractivity (Wildman–Crippen MR) is 56.6 cm³/mol. The van der Waals surface area contributed by atoms with E-state index in [1.165, 1.54) is 11.1 Å². The number of benzene rings is 1. The Balaban J connectivity index is 2.45. The lowest BCUT2D eigenvalue weighted by Crippen LogP contribution is -2.07. The number of hydrogen-bond donors (Lipinski definition) is 1. The number of hydrogen-bond acceptors (Lipinski definition) is 2. The van der Waals surface area contributed by atoms with E-state index in [2.05, 4.69) is 0 Å². The van der Waals surface area contributed by atoms with Gasteiger partial charge in [0.2, 0.25) is 0 Å². The second kappa shape index (κ2) is 3.74. The van der Waals surface area contributed by atoms with Crippen molar-refractivity contribution in [2.45, 2.75) is 11.9 Å². The summed E-state index contributed by atoms with van der Waals surface area (Å²) in [4.78, 5) is 0.834. The summed E-state index contributed by atoms with van der Waals surface area (Å²) in [6.45, 7) is 0. The summed E-state index contributed by atoms with van der Waals surface area (Å²) in [5.41, 5.74) is 3.64. The minimum atomic E-state index is -0.535. The highest BCUT2D eigenvalue weighted by atomic mass is 35.5. The maximum absolute atomic E-state index is 9.85. The normalized spacial score (nSPS) is 24.5. The molecule has 0 radical (unpaired) electrons. The van der Waals surface area contributed by atoms with Crippen molar-refractivity contribution >= 4 is 23.4 Å². The standard InChI is InChI=1S/C10H9ClOS/c11-5-9-10(12)8-4-2-1-3-7(8)6-13-9/h1-5,10,12H,6H2. The van der Waals surface area contributed by atoms with Gasteiger partial charge in [-0.05, 0) is 11.1 Å². The van der Waals surface area contributed by atoms with Gasteiger partial charge in [-0.2, -0.15) is 0 Å². The zero-order valence-electron chi connectivity index (χ0n) is 6.90. The first-order valence-electron chi connectivity index (χ1n) is 4.02. The van der Waals surface area contributed by atoms with Gasteiger partial charge in [-0.15, -0.1) is 11.8 Å². The Hall–Kier alpha value is -0.440. The van der Waals surface area contributed by atoms with Crippen molar-refractivity contribution in [2.75, 3.05) is 0 Å². The molecule has 0 amide bonds. The zero-order valence-corrected chi connectivity index (χ0v) is 8.48. The van der Waals surface area contributed by atoms with E-state index in [-0.39, 0.29) is 0 Å². The van der Waals surface area contributed by atoms with Crippen molar-refractivity contribution in [1.82, 2.24) is 0 Å². The van der Waals surface area contributed by atoms with E-state index in [9.17, 15) is 5.11 Å². The number of halogens is 1.